The Hall–Kier alpha value is -1.31. The fraction of sp³-hybridized carbons (Fsp3) is 0.364. The summed E-state index contributed by atoms with van der Waals surface area (Å²) in [4.78, 5) is 9.30. The maximum Gasteiger partial charge on any atom is 0.310 e. The highest BCUT2D eigenvalue weighted by Gasteiger charge is 2.65. The molecule has 2 nitrogen and oxygen atoms in total. The number of rotatable bonds is 4. The Labute approximate surface area is 107 Å². The van der Waals surface area contributed by atoms with Gasteiger partial charge in [0.25, 0.3) is 0 Å². The summed E-state index contributed by atoms with van der Waals surface area (Å²) in [6, 6.07) is 2.83. The van der Waals surface area contributed by atoms with Crippen LogP contribution in [0.5, 0.6) is 0 Å². The largest absolute Gasteiger partial charge is 0.352 e. The lowest BCUT2D eigenvalue weighted by Crippen LogP contribution is -2.27. The zero-order chi connectivity index (χ0) is 15.0. The van der Waals surface area contributed by atoms with Crippen molar-refractivity contribution in [2.24, 2.45) is 5.92 Å². The number of carbonyl (C=O) groups excluding carboxylic acids is 1. The first-order valence-electron chi connectivity index (χ1n) is 5.40. The van der Waals surface area contributed by atoms with Crippen molar-refractivity contribution in [2.75, 3.05) is 0 Å². The van der Waals surface area contributed by atoms with Gasteiger partial charge in [0.05, 0.1) is 0 Å². The number of hydrogen-bond donors (Lipinski definition) is 1. The minimum atomic E-state index is -9.66. The van der Waals surface area contributed by atoms with Crippen LogP contribution in [0.4, 0.5) is 19.4 Å². The summed E-state index contributed by atoms with van der Waals surface area (Å²) in [6.45, 7) is 3.00. The molecule has 0 bridgehead atoms. The summed E-state index contributed by atoms with van der Waals surface area (Å²) >= 11 is 0. The quantitative estimate of drug-likeness (QED) is 0.808. The number of carbonyl (C=O) groups is 1. The van der Waals surface area contributed by atoms with Crippen molar-refractivity contribution in [3.05, 3.63) is 29.8 Å². The van der Waals surface area contributed by atoms with E-state index in [-0.39, 0.29) is 23.9 Å². The summed E-state index contributed by atoms with van der Waals surface area (Å²) in [5.74, 6) is -0.698. The van der Waals surface area contributed by atoms with Gasteiger partial charge in [0.2, 0.25) is 5.91 Å². The van der Waals surface area contributed by atoms with Crippen LogP contribution in [0, 0.1) is 5.92 Å². The molecule has 0 saturated carbocycles. The molecule has 0 saturated heterocycles. The second-order valence-electron chi connectivity index (χ2n) is 4.49. The molecule has 19 heavy (non-hydrogen) atoms. The summed E-state index contributed by atoms with van der Waals surface area (Å²) < 4.78 is 62.8. The molecule has 1 aromatic carbocycles. The fourth-order valence-electron chi connectivity index (χ4n) is 1.29. The highest BCUT2D eigenvalue weighted by atomic mass is 32.5. The molecule has 110 valence electrons. The molecule has 0 aliphatic heterocycles. The maximum atomic E-state index is 12.6. The van der Waals surface area contributed by atoms with Crippen molar-refractivity contribution in [1.29, 1.82) is 0 Å². The molecule has 8 heteroatoms. The summed E-state index contributed by atoms with van der Waals surface area (Å²) in [5, 5.41) is 2.36. The molecule has 0 atom stereocenters. The standard InChI is InChI=1S/C11H14F5NOS/c1-8(2)11(18)17-7-9-4-3-5-10(6-9)19(12,13,14,15)16/h3-6,8H,7H2,1-2H3,(H,17,18). The highest BCUT2D eigenvalue weighted by Crippen LogP contribution is 3.02. The second kappa shape index (κ2) is 4.09. The van der Waals surface area contributed by atoms with Crippen molar-refractivity contribution in [2.45, 2.75) is 25.3 Å². The van der Waals surface area contributed by atoms with Crippen molar-refractivity contribution >= 4 is 16.1 Å². The van der Waals surface area contributed by atoms with Crippen LogP contribution in [0.2, 0.25) is 0 Å². The van der Waals surface area contributed by atoms with Crippen LogP contribution in [-0.4, -0.2) is 5.91 Å². The number of amides is 1. The molecular formula is C11H14F5NOS. The lowest BCUT2D eigenvalue weighted by atomic mass is 10.2. The predicted octanol–water partition coefficient (Wildman–Crippen LogP) is 4.62. The van der Waals surface area contributed by atoms with Crippen LogP contribution in [0.1, 0.15) is 19.4 Å². The molecule has 1 aromatic rings. The first-order chi connectivity index (χ1) is 8.29. The molecule has 0 unspecified atom stereocenters. The van der Waals surface area contributed by atoms with E-state index in [0.717, 1.165) is 6.07 Å². The maximum absolute atomic E-state index is 12.6. The Morgan fingerprint density at radius 3 is 2.26 bits per heavy atom. The number of halogens is 5. The van der Waals surface area contributed by atoms with E-state index in [1.165, 1.54) is 6.07 Å². The van der Waals surface area contributed by atoms with Gasteiger partial charge in [0.1, 0.15) is 4.90 Å². The average Bonchev–Trinajstić information content (AvgIpc) is 2.23. The van der Waals surface area contributed by atoms with Gasteiger partial charge in [-0.3, -0.25) is 4.79 Å². The van der Waals surface area contributed by atoms with Crippen molar-refractivity contribution in [1.82, 2.24) is 5.32 Å². The SMILES string of the molecule is CC(C)C(=O)NCc1cccc(S(F)(F)(F)(F)F)c1. The van der Waals surface area contributed by atoms with Gasteiger partial charge in [-0.05, 0) is 17.7 Å². The van der Waals surface area contributed by atoms with E-state index < -0.39 is 15.1 Å². The van der Waals surface area contributed by atoms with Crippen LogP contribution in [0.3, 0.4) is 0 Å². The van der Waals surface area contributed by atoms with E-state index >= 15 is 0 Å². The van der Waals surface area contributed by atoms with E-state index in [1.54, 1.807) is 13.8 Å². The van der Waals surface area contributed by atoms with E-state index in [9.17, 15) is 24.2 Å². The van der Waals surface area contributed by atoms with Crippen LogP contribution < -0.4 is 5.32 Å². The third kappa shape index (κ3) is 4.70. The van der Waals surface area contributed by atoms with Gasteiger partial charge < -0.3 is 5.32 Å². The lowest BCUT2D eigenvalue weighted by Gasteiger charge is -2.40. The third-order valence-electron chi connectivity index (χ3n) is 2.34. The topological polar surface area (TPSA) is 29.1 Å². The van der Waals surface area contributed by atoms with Gasteiger partial charge in [-0.25, -0.2) is 0 Å². The van der Waals surface area contributed by atoms with E-state index in [2.05, 4.69) is 5.32 Å². The molecule has 1 rings (SSSR count). The summed E-state index contributed by atoms with van der Waals surface area (Å²) in [7, 11) is -9.66. The third-order valence-corrected chi connectivity index (χ3v) is 3.48. The van der Waals surface area contributed by atoms with Gasteiger partial charge in [-0.1, -0.05) is 45.4 Å². The first kappa shape index (κ1) is 15.7. The molecule has 0 aromatic heterocycles. The Morgan fingerprint density at radius 2 is 1.79 bits per heavy atom. The minimum absolute atomic E-state index is 0.0280. The molecule has 0 heterocycles. The van der Waals surface area contributed by atoms with Crippen molar-refractivity contribution in [3.8, 4) is 0 Å². The highest BCUT2D eigenvalue weighted by molar-refractivity contribution is 8.45. The lowest BCUT2D eigenvalue weighted by molar-refractivity contribution is -0.124. The minimum Gasteiger partial charge on any atom is -0.352 e. The van der Waals surface area contributed by atoms with Gasteiger partial charge in [-0.2, -0.15) is 0 Å². The van der Waals surface area contributed by atoms with Gasteiger partial charge >= 0.3 is 10.2 Å². The predicted molar refractivity (Wildman–Crippen MR) is 64.5 cm³/mol. The molecule has 0 aliphatic rings. The molecular weight excluding hydrogens is 289 g/mol. The van der Waals surface area contributed by atoms with E-state index in [4.69, 9.17) is 0 Å². The van der Waals surface area contributed by atoms with Gasteiger partial charge in [-0.15, -0.1) is 0 Å². The van der Waals surface area contributed by atoms with Crippen molar-refractivity contribution in [3.63, 3.8) is 0 Å². The zero-order valence-electron chi connectivity index (χ0n) is 10.3. The normalized spacial score (nSPS) is 15.8. The van der Waals surface area contributed by atoms with Crippen molar-refractivity contribution < 1.29 is 24.2 Å². The Balaban J connectivity index is 2.95. The summed E-state index contributed by atoms with van der Waals surface area (Å²) in [6.07, 6.45) is 0. The van der Waals surface area contributed by atoms with Crippen LogP contribution in [-0.2, 0) is 11.3 Å². The molecule has 1 amide bonds. The molecule has 1 N–H and O–H groups in total. The Kier molecular flexibility index (Phi) is 3.39. The van der Waals surface area contributed by atoms with Crippen LogP contribution in [0.25, 0.3) is 0 Å². The molecule has 0 radical (unpaired) electrons. The number of benzene rings is 1. The van der Waals surface area contributed by atoms with E-state index in [0.29, 0.717) is 12.1 Å². The van der Waals surface area contributed by atoms with E-state index in [1.807, 2.05) is 0 Å². The summed E-state index contributed by atoms with van der Waals surface area (Å²) in [5.41, 5.74) is -0.0280. The Morgan fingerprint density at radius 1 is 1.21 bits per heavy atom. The smallest absolute Gasteiger partial charge is 0.310 e. The molecule has 0 aliphatic carbocycles. The monoisotopic (exact) mass is 303 g/mol. The number of nitrogens with one attached hydrogen (secondary N) is 1. The van der Waals surface area contributed by atoms with Crippen LogP contribution >= 0.6 is 10.2 Å². The van der Waals surface area contributed by atoms with Gasteiger partial charge in [0.15, 0.2) is 0 Å². The number of hydrogen-bond acceptors (Lipinski definition) is 1. The molecule has 0 spiro atoms. The fourth-order valence-corrected chi connectivity index (χ4v) is 2.00. The Bertz CT molecular complexity index is 497. The van der Waals surface area contributed by atoms with Gasteiger partial charge in [0, 0.05) is 12.5 Å². The average molecular weight is 303 g/mol. The van der Waals surface area contributed by atoms with Crippen LogP contribution in [0.15, 0.2) is 29.2 Å². The molecule has 0 fully saturated rings. The zero-order valence-corrected chi connectivity index (χ0v) is 11.1. The second-order valence-corrected chi connectivity index (χ2v) is 6.90. The first-order valence-corrected chi connectivity index (χ1v) is 7.35.